The number of carbonyl (C=O) groups excluding carboxylic acids is 4. The van der Waals surface area contributed by atoms with Crippen molar-refractivity contribution in [3.63, 3.8) is 0 Å². The van der Waals surface area contributed by atoms with Crippen LogP contribution in [0.5, 0.6) is 0 Å². The maximum absolute atomic E-state index is 12.5. The van der Waals surface area contributed by atoms with E-state index in [4.69, 9.17) is 9.47 Å². The van der Waals surface area contributed by atoms with Gasteiger partial charge in [0.15, 0.2) is 0 Å². The van der Waals surface area contributed by atoms with Crippen LogP contribution in [0.4, 0.5) is 4.79 Å². The summed E-state index contributed by atoms with van der Waals surface area (Å²) in [6, 6.07) is -2.30. The molecular formula is C21H37N3O7. The third kappa shape index (κ3) is 8.72. The molecule has 0 heterocycles. The summed E-state index contributed by atoms with van der Waals surface area (Å²) in [5, 5.41) is 18.2. The highest BCUT2D eigenvalue weighted by Gasteiger charge is 2.38. The van der Waals surface area contributed by atoms with Crippen LogP contribution >= 0.6 is 0 Å². The van der Waals surface area contributed by atoms with E-state index in [0.717, 1.165) is 0 Å². The molecule has 5 atom stereocenters. The molecule has 4 N–H and O–H groups in total. The van der Waals surface area contributed by atoms with Gasteiger partial charge in [-0.2, -0.15) is 0 Å². The van der Waals surface area contributed by atoms with Crippen molar-refractivity contribution in [2.45, 2.75) is 90.6 Å². The summed E-state index contributed by atoms with van der Waals surface area (Å²) in [6.07, 6.45) is -0.521. The van der Waals surface area contributed by atoms with Crippen molar-refractivity contribution in [2.75, 3.05) is 7.11 Å². The third-order valence-electron chi connectivity index (χ3n) is 5.08. The second-order valence-electron chi connectivity index (χ2n) is 9.32. The highest BCUT2D eigenvalue weighted by atomic mass is 16.6. The summed E-state index contributed by atoms with van der Waals surface area (Å²) >= 11 is 0. The summed E-state index contributed by atoms with van der Waals surface area (Å²) in [6.45, 7) is 10.2. The largest absolute Gasteiger partial charge is 0.467 e. The summed E-state index contributed by atoms with van der Waals surface area (Å²) in [4.78, 5) is 48.7. The zero-order valence-electron chi connectivity index (χ0n) is 19.5. The Morgan fingerprint density at radius 2 is 1.68 bits per heavy atom. The first-order chi connectivity index (χ1) is 14.2. The normalized spacial score (nSPS) is 22.9. The summed E-state index contributed by atoms with van der Waals surface area (Å²) in [7, 11) is 1.26. The molecule has 1 saturated carbocycles. The van der Waals surface area contributed by atoms with E-state index in [9.17, 15) is 24.3 Å². The van der Waals surface area contributed by atoms with Gasteiger partial charge in [-0.15, -0.1) is 0 Å². The highest BCUT2D eigenvalue weighted by molar-refractivity contribution is 5.86. The molecule has 0 saturated heterocycles. The molecule has 31 heavy (non-hydrogen) atoms. The van der Waals surface area contributed by atoms with Gasteiger partial charge in [-0.1, -0.05) is 13.8 Å². The van der Waals surface area contributed by atoms with Crippen LogP contribution in [0.15, 0.2) is 0 Å². The van der Waals surface area contributed by atoms with Crippen LogP contribution in [0.2, 0.25) is 0 Å². The van der Waals surface area contributed by atoms with Crippen molar-refractivity contribution in [1.29, 1.82) is 0 Å². The Labute approximate surface area is 183 Å². The molecule has 1 aliphatic carbocycles. The van der Waals surface area contributed by atoms with Crippen LogP contribution in [0.25, 0.3) is 0 Å². The summed E-state index contributed by atoms with van der Waals surface area (Å²) < 4.78 is 9.87. The number of aliphatic hydroxyl groups excluding tert-OH is 1. The van der Waals surface area contributed by atoms with E-state index < -0.39 is 47.8 Å². The van der Waals surface area contributed by atoms with Gasteiger partial charge >= 0.3 is 12.1 Å². The molecule has 0 radical (unpaired) electrons. The number of rotatable bonds is 8. The van der Waals surface area contributed by atoms with E-state index in [1.54, 1.807) is 34.6 Å². The van der Waals surface area contributed by atoms with E-state index in [1.807, 2.05) is 0 Å². The number of alkyl carbamates (subject to hydrolysis) is 1. The van der Waals surface area contributed by atoms with Gasteiger partial charge in [0.05, 0.1) is 19.3 Å². The lowest BCUT2D eigenvalue weighted by Gasteiger charge is -2.27. The fourth-order valence-corrected chi connectivity index (χ4v) is 3.44. The maximum atomic E-state index is 12.5. The maximum Gasteiger partial charge on any atom is 0.408 e. The fraction of sp³-hybridized carbons (Fsp3) is 0.810. The minimum atomic E-state index is -0.887. The zero-order valence-corrected chi connectivity index (χ0v) is 19.5. The van der Waals surface area contributed by atoms with Crippen molar-refractivity contribution in [3.05, 3.63) is 0 Å². The van der Waals surface area contributed by atoms with Gasteiger partial charge in [0.2, 0.25) is 11.8 Å². The molecular weight excluding hydrogens is 406 g/mol. The molecule has 0 aromatic rings. The number of esters is 1. The molecule has 0 aromatic carbocycles. The molecule has 178 valence electrons. The first-order valence-electron chi connectivity index (χ1n) is 10.6. The summed E-state index contributed by atoms with van der Waals surface area (Å²) in [5.74, 6) is -1.83. The number of nitrogens with one attached hydrogen (secondary N) is 3. The average Bonchev–Trinajstić information content (AvgIpc) is 2.96. The molecule has 0 bridgehead atoms. The van der Waals surface area contributed by atoms with Crippen molar-refractivity contribution < 1.29 is 33.8 Å². The number of hydrogen-bond donors (Lipinski definition) is 4. The Kier molecular flexibility index (Phi) is 9.73. The highest BCUT2D eigenvalue weighted by Crippen LogP contribution is 2.29. The number of aliphatic hydroxyl groups is 1. The Bertz CT molecular complexity index is 660. The Morgan fingerprint density at radius 3 is 2.19 bits per heavy atom. The monoisotopic (exact) mass is 443 g/mol. The van der Waals surface area contributed by atoms with Crippen molar-refractivity contribution in [2.24, 2.45) is 11.8 Å². The number of hydrogen-bond acceptors (Lipinski definition) is 7. The van der Waals surface area contributed by atoms with Crippen LogP contribution in [0.1, 0.15) is 60.8 Å². The Hall–Kier alpha value is -2.36. The van der Waals surface area contributed by atoms with Crippen molar-refractivity contribution in [3.8, 4) is 0 Å². The predicted molar refractivity (Wildman–Crippen MR) is 113 cm³/mol. The minimum Gasteiger partial charge on any atom is -0.467 e. The number of methoxy groups -OCH3 is 1. The van der Waals surface area contributed by atoms with Crippen LogP contribution in [0, 0.1) is 11.8 Å². The standard InChI is InChI=1S/C21H37N3O7/c1-11(2)16(19(28)30-7)23-15(26)10-13-8-9-14(25)17(13)24-18(27)12(3)22-20(29)31-21(4,5)6/h11-14,16-17,25H,8-10H2,1-7H3,(H,22,29)(H,23,26)(H,24,27)/t12-,13-,14+,16-,17+/m0/s1. The van der Waals surface area contributed by atoms with Crippen LogP contribution in [-0.4, -0.2) is 65.9 Å². The van der Waals surface area contributed by atoms with Crippen molar-refractivity contribution in [1.82, 2.24) is 16.0 Å². The topological polar surface area (TPSA) is 143 Å². The molecule has 10 heteroatoms. The molecule has 0 aromatic heterocycles. The van der Waals surface area contributed by atoms with Gasteiger partial charge in [0.1, 0.15) is 17.7 Å². The zero-order chi connectivity index (χ0) is 23.9. The lowest BCUT2D eigenvalue weighted by Crippen LogP contribution is -2.53. The Balaban J connectivity index is 2.68. The number of amides is 3. The van der Waals surface area contributed by atoms with E-state index in [0.29, 0.717) is 12.8 Å². The predicted octanol–water partition coefficient (Wildman–Crippen LogP) is 0.859. The SMILES string of the molecule is COC(=O)[C@@H](NC(=O)C[C@@H]1CC[C@@H](O)[C@@H]1NC(=O)[C@H](C)NC(=O)OC(C)(C)C)C(C)C. The van der Waals surface area contributed by atoms with E-state index >= 15 is 0 Å². The van der Waals surface area contributed by atoms with E-state index in [-0.39, 0.29) is 24.2 Å². The summed E-state index contributed by atoms with van der Waals surface area (Å²) in [5.41, 5.74) is -0.696. The van der Waals surface area contributed by atoms with Crippen LogP contribution < -0.4 is 16.0 Å². The smallest absolute Gasteiger partial charge is 0.408 e. The molecule has 3 amide bonds. The molecule has 10 nitrogen and oxygen atoms in total. The second-order valence-corrected chi connectivity index (χ2v) is 9.32. The lowest BCUT2D eigenvalue weighted by molar-refractivity contribution is -0.146. The molecule has 1 fully saturated rings. The first-order valence-corrected chi connectivity index (χ1v) is 10.6. The lowest BCUT2D eigenvalue weighted by atomic mass is 9.97. The van der Waals surface area contributed by atoms with Gasteiger partial charge in [-0.05, 0) is 52.4 Å². The number of ether oxygens (including phenoxy) is 2. The average molecular weight is 444 g/mol. The molecule has 1 rings (SSSR count). The second kappa shape index (κ2) is 11.3. The third-order valence-corrected chi connectivity index (χ3v) is 5.08. The van der Waals surface area contributed by atoms with Gasteiger partial charge in [-0.25, -0.2) is 9.59 Å². The van der Waals surface area contributed by atoms with E-state index in [1.165, 1.54) is 14.0 Å². The van der Waals surface area contributed by atoms with Gasteiger partial charge in [-0.3, -0.25) is 9.59 Å². The molecule has 0 aliphatic heterocycles. The quantitative estimate of drug-likeness (QED) is 0.407. The first kappa shape index (κ1) is 26.7. The van der Waals surface area contributed by atoms with Gasteiger partial charge in [0.25, 0.3) is 0 Å². The van der Waals surface area contributed by atoms with Crippen molar-refractivity contribution >= 4 is 23.9 Å². The van der Waals surface area contributed by atoms with Gasteiger partial charge < -0.3 is 30.5 Å². The fourth-order valence-electron chi connectivity index (χ4n) is 3.44. The number of carbonyl (C=O) groups is 4. The minimum absolute atomic E-state index is 0.0378. The molecule has 1 aliphatic rings. The van der Waals surface area contributed by atoms with Crippen LogP contribution in [-0.2, 0) is 23.9 Å². The van der Waals surface area contributed by atoms with E-state index in [2.05, 4.69) is 16.0 Å². The Morgan fingerprint density at radius 1 is 1.06 bits per heavy atom. The molecule has 0 spiro atoms. The van der Waals surface area contributed by atoms with Gasteiger partial charge in [0, 0.05) is 6.42 Å². The molecule has 0 unspecified atom stereocenters. The van der Waals surface area contributed by atoms with Crippen LogP contribution in [0.3, 0.4) is 0 Å².